The molecule has 0 spiro atoms. The summed E-state index contributed by atoms with van der Waals surface area (Å²) >= 11 is 0. The molecule has 4 nitrogen and oxygen atoms in total. The molecule has 0 radical (unpaired) electrons. The molecule has 0 saturated heterocycles. The molecule has 0 saturated carbocycles. The van der Waals surface area contributed by atoms with Crippen molar-refractivity contribution in [1.82, 2.24) is 0 Å². The quantitative estimate of drug-likeness (QED) is 0.640. The number of aliphatic carboxylic acids is 1. The van der Waals surface area contributed by atoms with Crippen molar-refractivity contribution in [3.63, 3.8) is 0 Å². The van der Waals surface area contributed by atoms with Crippen LogP contribution in [0.5, 0.6) is 0 Å². The first-order valence-corrected chi connectivity index (χ1v) is 4.41. The van der Waals surface area contributed by atoms with Crippen molar-refractivity contribution in [2.24, 2.45) is 5.92 Å². The number of hydrogen-bond acceptors (Lipinski definition) is 3. The van der Waals surface area contributed by atoms with Gasteiger partial charge in [-0.3, -0.25) is 9.59 Å². The number of carboxylic acid groups (broad SMARTS) is 1. The van der Waals surface area contributed by atoms with Gasteiger partial charge in [0.1, 0.15) is 0 Å². The van der Waals surface area contributed by atoms with Crippen LogP contribution in [0.3, 0.4) is 0 Å². The number of ether oxygens (including phenoxy) is 1. The Balaban J connectivity index is 3.61. The molecule has 4 heteroatoms. The van der Waals surface area contributed by atoms with Gasteiger partial charge >= 0.3 is 11.9 Å². The van der Waals surface area contributed by atoms with E-state index in [1.54, 1.807) is 0 Å². The van der Waals surface area contributed by atoms with Gasteiger partial charge in [0.25, 0.3) is 0 Å². The highest BCUT2D eigenvalue weighted by atomic mass is 16.5. The number of carbonyl (C=O) groups is 2. The zero-order valence-electron chi connectivity index (χ0n) is 8.08. The Bertz CT molecular complexity index is 176. The number of esters is 1. The van der Waals surface area contributed by atoms with E-state index in [1.807, 2.05) is 6.92 Å². The molecule has 0 aromatic heterocycles. The van der Waals surface area contributed by atoms with Crippen LogP contribution in [-0.2, 0) is 14.3 Å². The van der Waals surface area contributed by atoms with Crippen molar-refractivity contribution < 1.29 is 19.4 Å². The van der Waals surface area contributed by atoms with E-state index in [4.69, 9.17) is 5.11 Å². The van der Waals surface area contributed by atoms with Gasteiger partial charge < -0.3 is 9.84 Å². The number of carboxylic acids is 1. The molecule has 0 aliphatic heterocycles. The second-order valence-electron chi connectivity index (χ2n) is 2.91. The van der Waals surface area contributed by atoms with Crippen LogP contribution in [0.2, 0.25) is 0 Å². The Labute approximate surface area is 77.9 Å². The Kier molecular flexibility index (Phi) is 5.93. The van der Waals surface area contributed by atoms with Gasteiger partial charge in [-0.2, -0.15) is 0 Å². The zero-order chi connectivity index (χ0) is 10.3. The minimum atomic E-state index is -0.785. The lowest BCUT2D eigenvalue weighted by Gasteiger charge is -2.07. The molecule has 0 amide bonds. The van der Waals surface area contributed by atoms with Crippen molar-refractivity contribution in [3.05, 3.63) is 0 Å². The van der Waals surface area contributed by atoms with E-state index in [1.165, 1.54) is 7.11 Å². The van der Waals surface area contributed by atoms with E-state index >= 15 is 0 Å². The maximum absolute atomic E-state index is 10.7. The largest absolute Gasteiger partial charge is 0.481 e. The fourth-order valence-electron chi connectivity index (χ4n) is 1.10. The summed E-state index contributed by atoms with van der Waals surface area (Å²) in [6, 6.07) is 0. The van der Waals surface area contributed by atoms with Crippen LogP contribution in [0.15, 0.2) is 0 Å². The third-order valence-corrected chi connectivity index (χ3v) is 2.00. The van der Waals surface area contributed by atoms with Crippen LogP contribution in [0, 0.1) is 5.92 Å². The first-order valence-electron chi connectivity index (χ1n) is 4.41. The minimum Gasteiger partial charge on any atom is -0.481 e. The normalized spacial score (nSPS) is 12.2. The summed E-state index contributed by atoms with van der Waals surface area (Å²) in [4.78, 5) is 21.2. The second-order valence-corrected chi connectivity index (χ2v) is 2.91. The zero-order valence-corrected chi connectivity index (χ0v) is 8.08. The predicted octanol–water partition coefficient (Wildman–Crippen LogP) is 1.44. The highest BCUT2D eigenvalue weighted by Gasteiger charge is 2.14. The van der Waals surface area contributed by atoms with Gasteiger partial charge in [-0.15, -0.1) is 0 Å². The number of carbonyl (C=O) groups excluding carboxylic acids is 1. The minimum absolute atomic E-state index is 0.278. The predicted molar refractivity (Wildman–Crippen MR) is 47.3 cm³/mol. The summed E-state index contributed by atoms with van der Waals surface area (Å²) in [5, 5.41) is 8.68. The maximum atomic E-state index is 10.7. The van der Waals surface area contributed by atoms with E-state index in [0.29, 0.717) is 25.7 Å². The lowest BCUT2D eigenvalue weighted by Crippen LogP contribution is -2.13. The molecule has 0 fully saturated rings. The highest BCUT2D eigenvalue weighted by molar-refractivity contribution is 5.70. The average molecular weight is 188 g/mol. The van der Waals surface area contributed by atoms with Gasteiger partial charge in [0.05, 0.1) is 13.0 Å². The van der Waals surface area contributed by atoms with E-state index in [9.17, 15) is 9.59 Å². The van der Waals surface area contributed by atoms with Crippen LogP contribution in [0.25, 0.3) is 0 Å². The van der Waals surface area contributed by atoms with E-state index in [2.05, 4.69) is 4.74 Å². The Hall–Kier alpha value is -1.06. The number of hydrogen-bond donors (Lipinski definition) is 1. The number of rotatable bonds is 6. The molecule has 0 aliphatic carbocycles. The molecular weight excluding hydrogens is 172 g/mol. The fourth-order valence-corrected chi connectivity index (χ4v) is 1.10. The van der Waals surface area contributed by atoms with E-state index in [-0.39, 0.29) is 11.9 Å². The van der Waals surface area contributed by atoms with Gasteiger partial charge in [0, 0.05) is 6.42 Å². The molecule has 0 aromatic rings. The first-order chi connectivity index (χ1) is 6.11. The van der Waals surface area contributed by atoms with Gasteiger partial charge in [0.2, 0.25) is 0 Å². The molecule has 76 valence electrons. The van der Waals surface area contributed by atoms with Crippen molar-refractivity contribution in [2.75, 3.05) is 7.11 Å². The molecule has 13 heavy (non-hydrogen) atoms. The molecule has 0 bridgehead atoms. The molecular formula is C9H16O4. The Morgan fingerprint density at radius 2 is 2.08 bits per heavy atom. The van der Waals surface area contributed by atoms with Gasteiger partial charge in [-0.25, -0.2) is 0 Å². The van der Waals surface area contributed by atoms with Crippen LogP contribution in [0.1, 0.15) is 32.6 Å². The summed E-state index contributed by atoms with van der Waals surface area (Å²) in [6.07, 6.45) is 2.04. The molecule has 0 aromatic carbocycles. The number of methoxy groups -OCH3 is 1. The van der Waals surface area contributed by atoms with Crippen molar-refractivity contribution in [1.29, 1.82) is 0 Å². The van der Waals surface area contributed by atoms with Crippen molar-refractivity contribution in [3.8, 4) is 0 Å². The van der Waals surface area contributed by atoms with Gasteiger partial charge in [-0.1, -0.05) is 6.92 Å². The molecule has 1 atom stereocenters. The highest BCUT2D eigenvalue weighted by Crippen LogP contribution is 2.12. The topological polar surface area (TPSA) is 63.6 Å². The van der Waals surface area contributed by atoms with Gasteiger partial charge in [-0.05, 0) is 19.3 Å². The summed E-state index contributed by atoms with van der Waals surface area (Å²) in [5.41, 5.74) is 0. The van der Waals surface area contributed by atoms with Crippen molar-refractivity contribution >= 4 is 11.9 Å². The monoisotopic (exact) mass is 188 g/mol. The maximum Gasteiger partial charge on any atom is 0.306 e. The third kappa shape index (κ3) is 5.22. The molecule has 1 unspecified atom stereocenters. The third-order valence-electron chi connectivity index (χ3n) is 2.00. The fraction of sp³-hybridized carbons (Fsp3) is 0.778. The lowest BCUT2D eigenvalue weighted by molar-refractivity contribution is -0.144. The van der Waals surface area contributed by atoms with Crippen LogP contribution >= 0.6 is 0 Å². The summed E-state index contributed by atoms with van der Waals surface area (Å²) < 4.78 is 4.44. The van der Waals surface area contributed by atoms with Gasteiger partial charge in [0.15, 0.2) is 0 Å². The van der Waals surface area contributed by atoms with E-state index in [0.717, 1.165) is 0 Å². The molecule has 1 N–H and O–H groups in total. The summed E-state index contributed by atoms with van der Waals surface area (Å²) in [6.45, 7) is 1.83. The SMILES string of the molecule is CCC(CCCC(=O)OC)C(=O)O. The Morgan fingerprint density at radius 1 is 1.46 bits per heavy atom. The van der Waals surface area contributed by atoms with Crippen LogP contribution in [0.4, 0.5) is 0 Å². The smallest absolute Gasteiger partial charge is 0.306 e. The lowest BCUT2D eigenvalue weighted by atomic mass is 10.00. The Morgan fingerprint density at radius 3 is 2.46 bits per heavy atom. The summed E-state index contributed by atoms with van der Waals surface area (Å²) in [7, 11) is 1.33. The average Bonchev–Trinajstić information content (AvgIpc) is 2.11. The molecule has 0 aliphatic rings. The van der Waals surface area contributed by atoms with E-state index < -0.39 is 5.97 Å². The summed E-state index contributed by atoms with van der Waals surface area (Å²) in [5.74, 6) is -1.39. The standard InChI is InChI=1S/C9H16O4/c1-3-7(9(11)12)5-4-6-8(10)13-2/h7H,3-6H2,1-2H3,(H,11,12). The first kappa shape index (κ1) is 11.9. The van der Waals surface area contributed by atoms with Crippen molar-refractivity contribution in [2.45, 2.75) is 32.6 Å². The molecule has 0 rings (SSSR count). The van der Waals surface area contributed by atoms with Crippen LogP contribution in [-0.4, -0.2) is 24.2 Å². The molecule has 0 heterocycles. The van der Waals surface area contributed by atoms with Crippen LogP contribution < -0.4 is 0 Å². The second kappa shape index (κ2) is 6.46.